The molecule has 1 heterocycles. The summed E-state index contributed by atoms with van der Waals surface area (Å²) in [5.41, 5.74) is 2.35. The highest BCUT2D eigenvalue weighted by Crippen LogP contribution is 2.13. The van der Waals surface area contributed by atoms with Crippen molar-refractivity contribution in [2.75, 3.05) is 25.5 Å². The molecular formula is C15H22N4O2S. The maximum absolute atomic E-state index is 12.0. The summed E-state index contributed by atoms with van der Waals surface area (Å²) in [5, 5.41) is 3.87. The molecule has 2 aromatic rings. The zero-order valence-corrected chi connectivity index (χ0v) is 14.0. The van der Waals surface area contributed by atoms with Crippen LogP contribution in [0.4, 0.5) is 5.69 Å². The van der Waals surface area contributed by atoms with Crippen molar-refractivity contribution >= 4 is 15.7 Å². The molecule has 0 aliphatic heterocycles. The molecule has 1 aromatic carbocycles. The standard InChI is InChI=1S/C15H22N4O2S/c1-18(2)14-8-6-13(7-9-14)5-4-10-17-22(20,21)15-11-16-19(3)12-15/h6-9,11-12,17H,4-5,10H2,1-3H3. The molecule has 0 atom stereocenters. The Hall–Kier alpha value is -1.86. The minimum absolute atomic E-state index is 0.199. The van der Waals surface area contributed by atoms with E-state index in [2.05, 4.69) is 34.1 Å². The summed E-state index contributed by atoms with van der Waals surface area (Å²) in [6.45, 7) is 0.409. The first-order valence-corrected chi connectivity index (χ1v) is 8.61. The Morgan fingerprint density at radius 1 is 1.23 bits per heavy atom. The largest absolute Gasteiger partial charge is 0.378 e. The predicted octanol–water partition coefficient (Wildman–Crippen LogP) is 1.40. The molecule has 0 saturated carbocycles. The first kappa shape index (κ1) is 16.5. The summed E-state index contributed by atoms with van der Waals surface area (Å²) >= 11 is 0. The van der Waals surface area contributed by atoms with Gasteiger partial charge in [-0.1, -0.05) is 12.1 Å². The van der Waals surface area contributed by atoms with E-state index in [1.165, 1.54) is 22.6 Å². The highest BCUT2D eigenvalue weighted by molar-refractivity contribution is 7.89. The maximum Gasteiger partial charge on any atom is 0.243 e. The SMILES string of the molecule is CN(C)c1ccc(CCCNS(=O)(=O)c2cnn(C)c2)cc1. The first-order chi connectivity index (χ1) is 10.4. The van der Waals surface area contributed by atoms with E-state index >= 15 is 0 Å². The summed E-state index contributed by atoms with van der Waals surface area (Å²) in [5.74, 6) is 0. The van der Waals surface area contributed by atoms with Crippen molar-refractivity contribution in [3.63, 3.8) is 0 Å². The van der Waals surface area contributed by atoms with Crippen LogP contribution in [0.5, 0.6) is 0 Å². The molecule has 2 rings (SSSR count). The number of nitrogens with zero attached hydrogens (tertiary/aromatic N) is 3. The molecule has 22 heavy (non-hydrogen) atoms. The van der Waals surface area contributed by atoms with Crippen molar-refractivity contribution in [3.05, 3.63) is 42.2 Å². The molecule has 120 valence electrons. The zero-order chi connectivity index (χ0) is 16.2. The van der Waals surface area contributed by atoms with Crippen LogP contribution in [-0.2, 0) is 23.5 Å². The number of nitrogens with one attached hydrogen (secondary N) is 1. The normalized spacial score (nSPS) is 11.6. The monoisotopic (exact) mass is 322 g/mol. The number of benzene rings is 1. The molecule has 1 N–H and O–H groups in total. The number of aryl methyl sites for hydroxylation is 2. The number of sulfonamides is 1. The van der Waals surface area contributed by atoms with Crippen LogP contribution in [0, 0.1) is 0 Å². The van der Waals surface area contributed by atoms with Crippen molar-refractivity contribution < 1.29 is 8.42 Å². The molecule has 7 heteroatoms. The van der Waals surface area contributed by atoms with Crippen molar-refractivity contribution in [2.24, 2.45) is 7.05 Å². The van der Waals surface area contributed by atoms with Crippen molar-refractivity contribution in [1.82, 2.24) is 14.5 Å². The molecule has 0 aliphatic rings. The summed E-state index contributed by atoms with van der Waals surface area (Å²) in [7, 11) is 2.24. The summed E-state index contributed by atoms with van der Waals surface area (Å²) in [6.07, 6.45) is 4.43. The summed E-state index contributed by atoms with van der Waals surface area (Å²) in [4.78, 5) is 2.25. The van der Waals surface area contributed by atoms with Crippen LogP contribution in [0.25, 0.3) is 0 Å². The second-order valence-electron chi connectivity index (χ2n) is 5.41. The molecule has 0 amide bonds. The van der Waals surface area contributed by atoms with Crippen LogP contribution in [-0.4, -0.2) is 38.8 Å². The number of anilines is 1. The van der Waals surface area contributed by atoms with Crippen LogP contribution in [0.3, 0.4) is 0 Å². The van der Waals surface area contributed by atoms with Gasteiger partial charge in [-0.15, -0.1) is 0 Å². The van der Waals surface area contributed by atoms with Crippen LogP contribution in [0.15, 0.2) is 41.6 Å². The van der Waals surface area contributed by atoms with Gasteiger partial charge in [-0.25, -0.2) is 13.1 Å². The lowest BCUT2D eigenvalue weighted by molar-refractivity contribution is 0.579. The average molecular weight is 322 g/mol. The van der Waals surface area contributed by atoms with E-state index in [-0.39, 0.29) is 4.90 Å². The van der Waals surface area contributed by atoms with E-state index in [0.29, 0.717) is 6.54 Å². The molecule has 0 unspecified atom stereocenters. The molecule has 0 bridgehead atoms. The van der Waals surface area contributed by atoms with E-state index in [1.807, 2.05) is 19.0 Å². The van der Waals surface area contributed by atoms with Gasteiger partial charge < -0.3 is 4.90 Å². The van der Waals surface area contributed by atoms with Crippen molar-refractivity contribution in [3.8, 4) is 0 Å². The van der Waals surface area contributed by atoms with Crippen LogP contribution in [0.1, 0.15) is 12.0 Å². The number of rotatable bonds is 7. The molecule has 0 radical (unpaired) electrons. The van der Waals surface area contributed by atoms with E-state index in [1.54, 1.807) is 7.05 Å². The molecule has 0 fully saturated rings. The minimum atomic E-state index is -3.45. The fourth-order valence-electron chi connectivity index (χ4n) is 2.08. The lowest BCUT2D eigenvalue weighted by Crippen LogP contribution is -2.24. The van der Waals surface area contributed by atoms with Gasteiger partial charge in [0.05, 0.1) is 6.20 Å². The topological polar surface area (TPSA) is 67.2 Å². The zero-order valence-electron chi connectivity index (χ0n) is 13.2. The van der Waals surface area contributed by atoms with E-state index in [9.17, 15) is 8.42 Å². The third-order valence-corrected chi connectivity index (χ3v) is 4.79. The van der Waals surface area contributed by atoms with E-state index in [4.69, 9.17) is 0 Å². The third kappa shape index (κ3) is 4.32. The van der Waals surface area contributed by atoms with Crippen molar-refractivity contribution in [1.29, 1.82) is 0 Å². The molecular weight excluding hydrogens is 300 g/mol. The lowest BCUT2D eigenvalue weighted by atomic mass is 10.1. The first-order valence-electron chi connectivity index (χ1n) is 7.13. The summed E-state index contributed by atoms with van der Waals surface area (Å²) < 4.78 is 28.1. The maximum atomic E-state index is 12.0. The lowest BCUT2D eigenvalue weighted by Gasteiger charge is -2.12. The second kappa shape index (κ2) is 6.93. The molecule has 0 aliphatic carbocycles. The van der Waals surface area contributed by atoms with Crippen LogP contribution < -0.4 is 9.62 Å². The van der Waals surface area contributed by atoms with Gasteiger partial charge in [0.2, 0.25) is 10.0 Å². The third-order valence-electron chi connectivity index (χ3n) is 3.38. The Labute approximate surface area is 131 Å². The van der Waals surface area contributed by atoms with Crippen LogP contribution in [0.2, 0.25) is 0 Å². The Kier molecular flexibility index (Phi) is 5.20. The second-order valence-corrected chi connectivity index (χ2v) is 7.18. The smallest absolute Gasteiger partial charge is 0.243 e. The fraction of sp³-hybridized carbons (Fsp3) is 0.400. The fourth-order valence-corrected chi connectivity index (χ4v) is 3.14. The summed E-state index contributed by atoms with van der Waals surface area (Å²) in [6, 6.07) is 8.28. The minimum Gasteiger partial charge on any atom is -0.378 e. The quantitative estimate of drug-likeness (QED) is 0.783. The van der Waals surface area contributed by atoms with Crippen molar-refractivity contribution in [2.45, 2.75) is 17.7 Å². The van der Waals surface area contributed by atoms with Gasteiger partial charge in [0.15, 0.2) is 0 Å². The van der Waals surface area contributed by atoms with Gasteiger partial charge in [-0.2, -0.15) is 5.10 Å². The molecule has 6 nitrogen and oxygen atoms in total. The van der Waals surface area contributed by atoms with E-state index in [0.717, 1.165) is 18.5 Å². The van der Waals surface area contributed by atoms with Gasteiger partial charge >= 0.3 is 0 Å². The van der Waals surface area contributed by atoms with Gasteiger partial charge in [0.1, 0.15) is 4.90 Å². The number of hydrogen-bond donors (Lipinski definition) is 1. The van der Waals surface area contributed by atoms with Crippen LogP contribution >= 0.6 is 0 Å². The molecule has 0 spiro atoms. The molecule has 0 saturated heterocycles. The van der Waals surface area contributed by atoms with Gasteiger partial charge in [-0.05, 0) is 30.5 Å². The number of hydrogen-bond acceptors (Lipinski definition) is 4. The van der Waals surface area contributed by atoms with Gasteiger partial charge in [0.25, 0.3) is 0 Å². The number of aromatic nitrogens is 2. The Morgan fingerprint density at radius 2 is 1.91 bits per heavy atom. The average Bonchev–Trinajstić information content (AvgIpc) is 2.92. The Balaban J connectivity index is 1.82. The van der Waals surface area contributed by atoms with Gasteiger partial charge in [0, 0.05) is 39.6 Å². The predicted molar refractivity (Wildman–Crippen MR) is 87.5 cm³/mol. The Morgan fingerprint density at radius 3 is 2.45 bits per heavy atom. The Bertz CT molecular complexity index is 705. The molecule has 1 aromatic heterocycles. The van der Waals surface area contributed by atoms with E-state index < -0.39 is 10.0 Å². The highest BCUT2D eigenvalue weighted by Gasteiger charge is 2.14. The van der Waals surface area contributed by atoms with Gasteiger partial charge in [-0.3, -0.25) is 4.68 Å². The highest BCUT2D eigenvalue weighted by atomic mass is 32.2.